The predicted octanol–water partition coefficient (Wildman–Crippen LogP) is 3.73. The van der Waals surface area contributed by atoms with Gasteiger partial charge in [0.1, 0.15) is 6.04 Å². The highest BCUT2D eigenvalue weighted by atomic mass is 16.5. The van der Waals surface area contributed by atoms with E-state index in [0.717, 1.165) is 27.7 Å². The van der Waals surface area contributed by atoms with Crippen LogP contribution in [0.1, 0.15) is 23.0 Å². The molecule has 6 rings (SSSR count). The number of methoxy groups -OCH3 is 2. The van der Waals surface area contributed by atoms with Crippen LogP contribution in [0.2, 0.25) is 0 Å². The topological polar surface area (TPSA) is 117 Å². The summed E-state index contributed by atoms with van der Waals surface area (Å²) < 4.78 is 14.4. The van der Waals surface area contributed by atoms with Crippen LogP contribution in [0.4, 0.5) is 5.69 Å². The smallest absolute Gasteiger partial charge is 0.185 e. The fourth-order valence-corrected chi connectivity index (χ4v) is 4.61. The molecule has 6 aromatic rings. The van der Waals surface area contributed by atoms with Crippen molar-refractivity contribution in [2.45, 2.75) is 19.0 Å². The van der Waals surface area contributed by atoms with E-state index < -0.39 is 6.04 Å². The Hall–Kier alpha value is -5.06. The molecule has 1 unspecified atom stereocenters. The lowest BCUT2D eigenvalue weighted by molar-refractivity contribution is 0.354. The number of aryl methyl sites for hydroxylation is 2. The van der Waals surface area contributed by atoms with Gasteiger partial charge in [0.15, 0.2) is 23.0 Å². The fraction of sp³-hybridized carbons (Fsp3) is 0.185. The molecule has 1 atom stereocenters. The summed E-state index contributed by atoms with van der Waals surface area (Å²) in [6, 6.07) is 25.5. The van der Waals surface area contributed by atoms with Crippen molar-refractivity contribution < 1.29 is 9.47 Å². The third kappa shape index (κ3) is 4.34. The standard InChI is InChI=1S/C27H25N9O2/c1-37-23-13-12-18(16-24(23)38-2)14-15-35-27(30-31-33-35)25(28-20-9-4-3-5-10-20)21-17-19-8-6-7-11-22(19)36-26(21)29-32-34-36/h3-13,16-17,25,28H,14-15H2,1-2H3. The lowest BCUT2D eigenvalue weighted by atomic mass is 10.0. The second kappa shape index (κ2) is 10.1. The second-order valence-corrected chi connectivity index (χ2v) is 8.72. The monoisotopic (exact) mass is 507 g/mol. The van der Waals surface area contributed by atoms with E-state index in [1.54, 1.807) is 18.7 Å². The first kappa shape index (κ1) is 23.3. The minimum atomic E-state index is -0.420. The van der Waals surface area contributed by atoms with Crippen molar-refractivity contribution in [3.8, 4) is 11.5 Å². The summed E-state index contributed by atoms with van der Waals surface area (Å²) in [4.78, 5) is 0. The zero-order valence-corrected chi connectivity index (χ0v) is 20.9. The minimum absolute atomic E-state index is 0.420. The number of rotatable bonds is 9. The number of pyridine rings is 1. The van der Waals surface area contributed by atoms with E-state index in [1.807, 2.05) is 77.5 Å². The molecule has 0 radical (unpaired) electrons. The molecule has 11 nitrogen and oxygen atoms in total. The van der Waals surface area contributed by atoms with Crippen molar-refractivity contribution in [2.75, 3.05) is 19.5 Å². The summed E-state index contributed by atoms with van der Waals surface area (Å²) in [5, 5.41) is 30.0. The van der Waals surface area contributed by atoms with Crippen LogP contribution in [0, 0.1) is 0 Å². The summed E-state index contributed by atoms with van der Waals surface area (Å²) in [7, 11) is 3.25. The molecular weight excluding hydrogens is 482 g/mol. The third-order valence-electron chi connectivity index (χ3n) is 6.48. The first-order valence-corrected chi connectivity index (χ1v) is 12.1. The van der Waals surface area contributed by atoms with Gasteiger partial charge in [0.2, 0.25) is 0 Å². The van der Waals surface area contributed by atoms with Crippen molar-refractivity contribution in [2.24, 2.45) is 0 Å². The highest BCUT2D eigenvalue weighted by Gasteiger charge is 2.26. The lowest BCUT2D eigenvalue weighted by Crippen LogP contribution is -2.20. The van der Waals surface area contributed by atoms with Gasteiger partial charge in [0.25, 0.3) is 0 Å². The van der Waals surface area contributed by atoms with Crippen LogP contribution in [-0.2, 0) is 13.0 Å². The number of nitrogens with one attached hydrogen (secondary N) is 1. The number of aromatic nitrogens is 8. The summed E-state index contributed by atoms with van der Waals surface area (Å²) >= 11 is 0. The Morgan fingerprint density at radius 1 is 0.816 bits per heavy atom. The Morgan fingerprint density at radius 2 is 1.61 bits per heavy atom. The molecule has 0 aliphatic carbocycles. The largest absolute Gasteiger partial charge is 0.493 e. The number of anilines is 1. The molecule has 3 aromatic heterocycles. The molecule has 0 spiro atoms. The van der Waals surface area contributed by atoms with Crippen molar-refractivity contribution in [3.63, 3.8) is 0 Å². The molecule has 0 saturated heterocycles. The molecular formula is C27H25N9O2. The van der Waals surface area contributed by atoms with Crippen molar-refractivity contribution >= 4 is 22.2 Å². The average Bonchev–Trinajstić information content (AvgIpc) is 3.65. The summed E-state index contributed by atoms with van der Waals surface area (Å²) in [6.45, 7) is 0.555. The molecule has 11 heteroatoms. The maximum atomic E-state index is 5.47. The van der Waals surface area contributed by atoms with Gasteiger partial charge < -0.3 is 14.8 Å². The maximum Gasteiger partial charge on any atom is 0.185 e. The van der Waals surface area contributed by atoms with Gasteiger partial charge in [-0.3, -0.25) is 0 Å². The molecule has 38 heavy (non-hydrogen) atoms. The minimum Gasteiger partial charge on any atom is -0.493 e. The molecule has 3 aromatic carbocycles. The number of benzene rings is 3. The summed E-state index contributed by atoms with van der Waals surface area (Å²) in [5.41, 5.74) is 4.41. The van der Waals surface area contributed by atoms with Crippen molar-refractivity contribution in [3.05, 3.63) is 95.8 Å². The van der Waals surface area contributed by atoms with E-state index in [9.17, 15) is 0 Å². The van der Waals surface area contributed by atoms with Crippen LogP contribution in [-0.4, -0.2) is 54.5 Å². The van der Waals surface area contributed by atoms with Gasteiger partial charge in [0.05, 0.1) is 19.7 Å². The molecule has 0 bridgehead atoms. The summed E-state index contributed by atoms with van der Waals surface area (Å²) in [6.07, 6.45) is 0.691. The Morgan fingerprint density at radius 3 is 2.45 bits per heavy atom. The highest BCUT2D eigenvalue weighted by molar-refractivity contribution is 5.83. The van der Waals surface area contributed by atoms with Crippen LogP contribution in [0.5, 0.6) is 11.5 Å². The molecule has 0 amide bonds. The number of tetrazole rings is 2. The molecule has 0 aliphatic rings. The van der Waals surface area contributed by atoms with Gasteiger partial charge in [-0.15, -0.1) is 10.2 Å². The van der Waals surface area contributed by atoms with E-state index in [2.05, 4.69) is 42.4 Å². The average molecular weight is 508 g/mol. The SMILES string of the molecule is COc1ccc(CCn2nnnc2C(Nc2ccccc2)c2cc3ccccc3n3nnnc23)cc1OC. The van der Waals surface area contributed by atoms with Crippen LogP contribution >= 0.6 is 0 Å². The predicted molar refractivity (Wildman–Crippen MR) is 141 cm³/mol. The molecule has 0 aliphatic heterocycles. The van der Waals surface area contributed by atoms with Crippen LogP contribution < -0.4 is 14.8 Å². The Bertz CT molecular complexity index is 1700. The molecule has 0 fully saturated rings. The zero-order valence-electron chi connectivity index (χ0n) is 20.9. The maximum absolute atomic E-state index is 5.47. The highest BCUT2D eigenvalue weighted by Crippen LogP contribution is 2.31. The number of para-hydroxylation sites is 2. The van der Waals surface area contributed by atoms with E-state index in [-0.39, 0.29) is 0 Å². The molecule has 1 N–H and O–H groups in total. The van der Waals surface area contributed by atoms with E-state index in [4.69, 9.17) is 9.47 Å². The van der Waals surface area contributed by atoms with Crippen LogP contribution in [0.15, 0.2) is 78.9 Å². The first-order valence-electron chi connectivity index (χ1n) is 12.1. The van der Waals surface area contributed by atoms with Gasteiger partial charge in [-0.2, -0.15) is 4.52 Å². The normalized spacial score (nSPS) is 12.1. The summed E-state index contributed by atoms with van der Waals surface area (Å²) in [5.74, 6) is 2.02. The van der Waals surface area contributed by atoms with Gasteiger partial charge in [0, 0.05) is 23.2 Å². The quantitative estimate of drug-likeness (QED) is 0.312. The Balaban J connectivity index is 1.41. The van der Waals surface area contributed by atoms with Gasteiger partial charge in [-0.05, 0) is 69.2 Å². The van der Waals surface area contributed by atoms with Crippen molar-refractivity contribution in [1.29, 1.82) is 0 Å². The Labute approximate surface area is 218 Å². The van der Waals surface area contributed by atoms with Gasteiger partial charge in [-0.1, -0.05) is 42.5 Å². The molecule has 0 saturated carbocycles. The number of hydrogen-bond acceptors (Lipinski definition) is 9. The van der Waals surface area contributed by atoms with E-state index in [0.29, 0.717) is 35.9 Å². The molecule has 190 valence electrons. The van der Waals surface area contributed by atoms with E-state index >= 15 is 0 Å². The first-order chi connectivity index (χ1) is 18.7. The van der Waals surface area contributed by atoms with E-state index in [1.165, 1.54) is 0 Å². The van der Waals surface area contributed by atoms with Gasteiger partial charge in [-0.25, -0.2) is 4.68 Å². The van der Waals surface area contributed by atoms with Crippen molar-refractivity contribution in [1.82, 2.24) is 40.2 Å². The van der Waals surface area contributed by atoms with Crippen LogP contribution in [0.3, 0.4) is 0 Å². The second-order valence-electron chi connectivity index (χ2n) is 8.72. The fourth-order valence-electron chi connectivity index (χ4n) is 4.61. The van der Waals surface area contributed by atoms with Gasteiger partial charge >= 0.3 is 0 Å². The number of ether oxygens (including phenoxy) is 2. The number of hydrogen-bond donors (Lipinski definition) is 1. The lowest BCUT2D eigenvalue weighted by Gasteiger charge is -2.21. The number of fused-ring (bicyclic) bond motifs is 3. The third-order valence-corrected chi connectivity index (χ3v) is 6.48. The zero-order chi connectivity index (χ0) is 25.9. The Kier molecular flexibility index (Phi) is 6.22. The molecule has 3 heterocycles. The number of nitrogens with zero attached hydrogens (tertiary/aromatic N) is 8. The van der Waals surface area contributed by atoms with Crippen LogP contribution in [0.25, 0.3) is 16.6 Å².